The summed E-state index contributed by atoms with van der Waals surface area (Å²) in [4.78, 5) is 20.5. The van der Waals surface area contributed by atoms with Crippen molar-refractivity contribution in [3.63, 3.8) is 0 Å². The van der Waals surface area contributed by atoms with Crippen molar-refractivity contribution in [1.82, 2.24) is 24.5 Å². The number of nitrogens with zero attached hydrogens (tertiary/aromatic N) is 5. The van der Waals surface area contributed by atoms with Crippen molar-refractivity contribution in [3.05, 3.63) is 200 Å². The molecule has 0 unspecified atom stereocenters. The second-order valence-electron chi connectivity index (χ2n) is 14.2. The SMILES string of the molecule is c1ccc(-c2nc(-c3ccc(-n4c5ccccc5c5ccccc54)cc3)nc(-c3cccc(-c4cccc5c(-c6ccccc6)nc6ccccc6c45)c3)n2)cc1. The molecule has 266 valence electrons. The first-order valence-electron chi connectivity index (χ1n) is 19.1. The fourth-order valence-corrected chi connectivity index (χ4v) is 8.20. The van der Waals surface area contributed by atoms with Crippen molar-refractivity contribution in [2.75, 3.05) is 0 Å². The monoisotopic (exact) mass is 727 g/mol. The molecule has 11 aromatic rings. The number of hydrogen-bond donors (Lipinski definition) is 0. The minimum Gasteiger partial charge on any atom is -0.309 e. The molecule has 0 spiro atoms. The highest BCUT2D eigenvalue weighted by molar-refractivity contribution is 6.17. The first kappa shape index (κ1) is 32.7. The standard InChI is InChI=1S/C52H33N5/c1-3-15-34(16-4-1)49-44-25-14-24-40(48(44)43-23-7-10-26-45(43)53-49)37-19-13-20-38(33-37)52-55-50(35-17-5-2-6-18-35)54-51(56-52)36-29-31-39(32-30-36)57-46-27-11-8-21-41(46)42-22-9-12-28-47(42)57/h1-33H. The molecule has 0 saturated carbocycles. The van der Waals surface area contributed by atoms with E-state index >= 15 is 0 Å². The number of pyridine rings is 1. The lowest BCUT2D eigenvalue weighted by Crippen LogP contribution is -2.01. The summed E-state index contributed by atoms with van der Waals surface area (Å²) in [6.07, 6.45) is 0. The van der Waals surface area contributed by atoms with Crippen LogP contribution in [-0.2, 0) is 0 Å². The third-order valence-corrected chi connectivity index (χ3v) is 10.8. The maximum atomic E-state index is 5.17. The molecule has 0 radical (unpaired) electrons. The Morgan fingerprint density at radius 2 is 0.807 bits per heavy atom. The van der Waals surface area contributed by atoms with Crippen LogP contribution in [0, 0.1) is 0 Å². The summed E-state index contributed by atoms with van der Waals surface area (Å²) in [6.45, 7) is 0. The molecule has 0 saturated heterocycles. The predicted octanol–water partition coefficient (Wildman–Crippen LogP) is 13.0. The van der Waals surface area contributed by atoms with E-state index in [4.69, 9.17) is 19.9 Å². The van der Waals surface area contributed by atoms with Gasteiger partial charge in [-0.25, -0.2) is 19.9 Å². The first-order valence-corrected chi connectivity index (χ1v) is 19.1. The van der Waals surface area contributed by atoms with E-state index in [0.29, 0.717) is 17.5 Å². The summed E-state index contributed by atoms with van der Waals surface area (Å²) in [7, 11) is 0. The van der Waals surface area contributed by atoms with Crippen molar-refractivity contribution in [1.29, 1.82) is 0 Å². The van der Waals surface area contributed by atoms with E-state index in [0.717, 1.165) is 61.1 Å². The minimum atomic E-state index is 0.615. The Balaban J connectivity index is 1.05. The van der Waals surface area contributed by atoms with E-state index in [1.54, 1.807) is 0 Å². The van der Waals surface area contributed by atoms with Crippen LogP contribution >= 0.6 is 0 Å². The maximum Gasteiger partial charge on any atom is 0.164 e. The van der Waals surface area contributed by atoms with Crippen LogP contribution in [-0.4, -0.2) is 24.5 Å². The molecule has 57 heavy (non-hydrogen) atoms. The highest BCUT2D eigenvalue weighted by atomic mass is 15.0. The van der Waals surface area contributed by atoms with Crippen molar-refractivity contribution < 1.29 is 0 Å². The van der Waals surface area contributed by atoms with Crippen LogP contribution in [0.25, 0.3) is 106 Å². The van der Waals surface area contributed by atoms with Crippen LogP contribution in [0.4, 0.5) is 0 Å². The summed E-state index contributed by atoms with van der Waals surface area (Å²) in [6, 6.07) is 69.7. The average Bonchev–Trinajstić information content (AvgIpc) is 3.63. The van der Waals surface area contributed by atoms with Crippen LogP contribution < -0.4 is 0 Å². The van der Waals surface area contributed by atoms with Crippen LogP contribution in [0.2, 0.25) is 0 Å². The van der Waals surface area contributed by atoms with E-state index in [-0.39, 0.29) is 0 Å². The molecule has 0 aliphatic heterocycles. The van der Waals surface area contributed by atoms with E-state index in [9.17, 15) is 0 Å². The predicted molar refractivity (Wildman–Crippen MR) is 234 cm³/mol. The zero-order valence-corrected chi connectivity index (χ0v) is 30.8. The van der Waals surface area contributed by atoms with Gasteiger partial charge in [-0.1, -0.05) is 152 Å². The van der Waals surface area contributed by atoms with Gasteiger partial charge in [-0.2, -0.15) is 0 Å². The van der Waals surface area contributed by atoms with Crippen LogP contribution in [0.1, 0.15) is 0 Å². The lowest BCUT2D eigenvalue weighted by Gasteiger charge is -2.15. The largest absolute Gasteiger partial charge is 0.309 e. The van der Waals surface area contributed by atoms with Gasteiger partial charge < -0.3 is 4.57 Å². The fourth-order valence-electron chi connectivity index (χ4n) is 8.20. The van der Waals surface area contributed by atoms with Gasteiger partial charge in [0, 0.05) is 54.9 Å². The summed E-state index contributed by atoms with van der Waals surface area (Å²) in [5.41, 5.74) is 11.4. The second kappa shape index (κ2) is 13.5. The highest BCUT2D eigenvalue weighted by Crippen LogP contribution is 2.40. The zero-order chi connectivity index (χ0) is 37.7. The van der Waals surface area contributed by atoms with Crippen molar-refractivity contribution in [3.8, 4) is 62.2 Å². The lowest BCUT2D eigenvalue weighted by molar-refractivity contribution is 1.07. The molecule has 8 aromatic carbocycles. The number of hydrogen-bond acceptors (Lipinski definition) is 4. The maximum absolute atomic E-state index is 5.17. The normalized spacial score (nSPS) is 11.5. The Bertz CT molecular complexity index is 3230. The summed E-state index contributed by atoms with van der Waals surface area (Å²) in [5.74, 6) is 1.86. The summed E-state index contributed by atoms with van der Waals surface area (Å²) < 4.78 is 2.32. The number of fused-ring (bicyclic) bond motifs is 6. The molecule has 11 rings (SSSR count). The van der Waals surface area contributed by atoms with Gasteiger partial charge in [0.1, 0.15) is 0 Å². The Kier molecular flexibility index (Phi) is 7.74. The zero-order valence-electron chi connectivity index (χ0n) is 30.8. The van der Waals surface area contributed by atoms with Gasteiger partial charge in [-0.05, 0) is 59.7 Å². The van der Waals surface area contributed by atoms with Crippen LogP contribution in [0.5, 0.6) is 0 Å². The molecule has 3 aromatic heterocycles. The Morgan fingerprint density at radius 3 is 1.49 bits per heavy atom. The number of aromatic nitrogens is 5. The molecule has 0 atom stereocenters. The van der Waals surface area contributed by atoms with Gasteiger partial charge in [0.25, 0.3) is 0 Å². The molecule has 0 aliphatic carbocycles. The van der Waals surface area contributed by atoms with Crippen LogP contribution in [0.15, 0.2) is 200 Å². The molecule has 0 aliphatic rings. The van der Waals surface area contributed by atoms with Gasteiger partial charge in [-0.3, -0.25) is 0 Å². The number of para-hydroxylation sites is 3. The smallest absolute Gasteiger partial charge is 0.164 e. The molecule has 5 nitrogen and oxygen atoms in total. The Labute approximate surface area is 329 Å². The molecule has 0 amide bonds. The minimum absolute atomic E-state index is 0.615. The molecular formula is C52H33N5. The molecule has 0 bridgehead atoms. The fraction of sp³-hybridized carbons (Fsp3) is 0. The van der Waals surface area contributed by atoms with Gasteiger partial charge in [0.15, 0.2) is 17.5 Å². The molecular weight excluding hydrogens is 695 g/mol. The number of rotatable bonds is 6. The van der Waals surface area contributed by atoms with Gasteiger partial charge in [0.2, 0.25) is 0 Å². The Morgan fingerprint density at radius 1 is 0.316 bits per heavy atom. The molecule has 0 fully saturated rings. The van der Waals surface area contributed by atoms with Crippen molar-refractivity contribution in [2.45, 2.75) is 0 Å². The first-order chi connectivity index (χ1) is 28.3. The van der Waals surface area contributed by atoms with Gasteiger partial charge in [-0.15, -0.1) is 0 Å². The quantitative estimate of drug-likeness (QED) is 0.160. The topological polar surface area (TPSA) is 56.5 Å². The van der Waals surface area contributed by atoms with E-state index in [1.807, 2.05) is 36.4 Å². The summed E-state index contributed by atoms with van der Waals surface area (Å²) in [5, 5.41) is 5.87. The third-order valence-electron chi connectivity index (χ3n) is 10.8. The highest BCUT2D eigenvalue weighted by Gasteiger charge is 2.18. The van der Waals surface area contributed by atoms with Crippen molar-refractivity contribution in [2.24, 2.45) is 0 Å². The summed E-state index contributed by atoms with van der Waals surface area (Å²) >= 11 is 0. The lowest BCUT2D eigenvalue weighted by atomic mass is 9.92. The molecule has 3 heterocycles. The van der Waals surface area contributed by atoms with Gasteiger partial charge >= 0.3 is 0 Å². The van der Waals surface area contributed by atoms with Gasteiger partial charge in [0.05, 0.1) is 22.2 Å². The van der Waals surface area contributed by atoms with E-state index < -0.39 is 0 Å². The average molecular weight is 728 g/mol. The Hall–Kier alpha value is -7.76. The third kappa shape index (κ3) is 5.64. The second-order valence-corrected chi connectivity index (χ2v) is 14.2. The number of benzene rings is 8. The van der Waals surface area contributed by atoms with Crippen LogP contribution in [0.3, 0.4) is 0 Å². The molecule has 5 heteroatoms. The van der Waals surface area contributed by atoms with E-state index in [2.05, 4.69) is 168 Å². The van der Waals surface area contributed by atoms with E-state index in [1.165, 1.54) is 27.2 Å². The van der Waals surface area contributed by atoms with Crippen molar-refractivity contribution >= 4 is 43.5 Å². The molecule has 0 N–H and O–H groups in total.